The summed E-state index contributed by atoms with van der Waals surface area (Å²) in [7, 11) is 0. The number of carbonyl (C=O) groups excluding carboxylic acids is 2. The molecule has 1 aliphatic rings. The fourth-order valence-corrected chi connectivity index (χ4v) is 4.11. The van der Waals surface area contributed by atoms with Gasteiger partial charge in [-0.05, 0) is 46.8 Å². The van der Waals surface area contributed by atoms with Crippen molar-refractivity contribution in [3.05, 3.63) is 88.1 Å². The van der Waals surface area contributed by atoms with E-state index in [1.54, 1.807) is 17.1 Å². The van der Waals surface area contributed by atoms with Gasteiger partial charge in [-0.1, -0.05) is 36.4 Å². The van der Waals surface area contributed by atoms with Crippen molar-refractivity contribution < 1.29 is 19.4 Å². The van der Waals surface area contributed by atoms with E-state index >= 15 is 0 Å². The van der Waals surface area contributed by atoms with E-state index in [9.17, 15) is 9.59 Å². The summed E-state index contributed by atoms with van der Waals surface area (Å²) < 4.78 is 5.48. The molecule has 2 heterocycles. The van der Waals surface area contributed by atoms with Gasteiger partial charge in [0.1, 0.15) is 5.75 Å². The first-order valence-electron chi connectivity index (χ1n) is 10.3. The number of hydrazone groups is 1. The van der Waals surface area contributed by atoms with E-state index in [2.05, 4.69) is 10.4 Å². The summed E-state index contributed by atoms with van der Waals surface area (Å²) in [5.41, 5.74) is 2.74. The molecule has 2 N–H and O–H groups in total. The Morgan fingerprint density at radius 2 is 1.88 bits per heavy atom. The average Bonchev–Trinajstić information content (AvgIpc) is 3.53. The van der Waals surface area contributed by atoms with Gasteiger partial charge in [-0.25, -0.2) is 5.01 Å². The van der Waals surface area contributed by atoms with E-state index in [1.165, 1.54) is 11.3 Å². The van der Waals surface area contributed by atoms with Crippen LogP contribution in [0.15, 0.2) is 77.2 Å². The number of hydrogen-bond acceptors (Lipinski definition) is 6. The minimum absolute atomic E-state index is 0.113. The average molecular weight is 450 g/mol. The lowest BCUT2D eigenvalue weighted by Gasteiger charge is -2.21. The smallest absolute Gasteiger partial charge is 0.284 e. The summed E-state index contributed by atoms with van der Waals surface area (Å²) in [5.74, 6) is 0.145. The van der Waals surface area contributed by atoms with E-state index in [4.69, 9.17) is 9.84 Å². The van der Waals surface area contributed by atoms with Gasteiger partial charge in [0.05, 0.1) is 23.2 Å². The second kappa shape index (κ2) is 10.2. The summed E-state index contributed by atoms with van der Waals surface area (Å²) in [6, 6.07) is 20.7. The Hall–Kier alpha value is -3.49. The SMILES string of the molecule is O=C(COc1ccc(C2=NN(C(=O)c3cccs3)[C@@H](c3ccccc3)C2)cc1)NCCO. The molecule has 1 aliphatic heterocycles. The fourth-order valence-electron chi connectivity index (χ4n) is 3.46. The van der Waals surface area contributed by atoms with Gasteiger partial charge in [-0.2, -0.15) is 5.10 Å². The van der Waals surface area contributed by atoms with Crippen LogP contribution in [0.25, 0.3) is 0 Å². The van der Waals surface area contributed by atoms with Crippen LogP contribution in [-0.4, -0.2) is 47.4 Å². The zero-order chi connectivity index (χ0) is 22.3. The van der Waals surface area contributed by atoms with Crippen molar-refractivity contribution in [1.82, 2.24) is 10.3 Å². The number of benzene rings is 2. The number of aliphatic hydroxyl groups excluding tert-OH is 1. The largest absolute Gasteiger partial charge is 0.484 e. The molecular formula is C24H23N3O4S. The molecule has 0 fully saturated rings. The Morgan fingerprint density at radius 3 is 2.56 bits per heavy atom. The highest BCUT2D eigenvalue weighted by atomic mass is 32.1. The minimum atomic E-state index is -0.295. The number of aliphatic hydroxyl groups is 1. The zero-order valence-electron chi connectivity index (χ0n) is 17.3. The molecule has 0 radical (unpaired) electrons. The third kappa shape index (κ3) is 5.04. The van der Waals surface area contributed by atoms with Crippen LogP contribution >= 0.6 is 11.3 Å². The molecular weight excluding hydrogens is 426 g/mol. The number of ether oxygens (including phenoxy) is 1. The lowest BCUT2D eigenvalue weighted by atomic mass is 9.98. The Balaban J connectivity index is 1.50. The number of rotatable bonds is 8. The predicted molar refractivity (Wildman–Crippen MR) is 123 cm³/mol. The maximum absolute atomic E-state index is 13.1. The molecule has 7 nitrogen and oxygen atoms in total. The summed E-state index contributed by atoms with van der Waals surface area (Å²) in [6.45, 7) is -0.0395. The van der Waals surface area contributed by atoms with Gasteiger partial charge in [0, 0.05) is 13.0 Å². The van der Waals surface area contributed by atoms with Gasteiger partial charge in [-0.3, -0.25) is 9.59 Å². The maximum atomic E-state index is 13.1. The molecule has 1 atom stereocenters. The Morgan fingerprint density at radius 1 is 1.09 bits per heavy atom. The molecule has 3 aromatic rings. The first-order valence-corrected chi connectivity index (χ1v) is 11.1. The molecule has 1 aromatic heterocycles. The van der Waals surface area contributed by atoms with Gasteiger partial charge in [0.2, 0.25) is 0 Å². The van der Waals surface area contributed by atoms with Crippen molar-refractivity contribution in [1.29, 1.82) is 0 Å². The molecule has 164 valence electrons. The third-order valence-electron chi connectivity index (χ3n) is 5.03. The highest BCUT2D eigenvalue weighted by Gasteiger charge is 2.33. The molecule has 0 aliphatic carbocycles. The van der Waals surface area contributed by atoms with Crippen molar-refractivity contribution >= 4 is 28.9 Å². The summed E-state index contributed by atoms with van der Waals surface area (Å²) in [4.78, 5) is 25.4. The van der Waals surface area contributed by atoms with Gasteiger partial charge < -0.3 is 15.2 Å². The molecule has 0 saturated carbocycles. The topological polar surface area (TPSA) is 91.2 Å². The normalized spacial score (nSPS) is 15.3. The number of nitrogens with zero attached hydrogens (tertiary/aromatic N) is 2. The standard InChI is InChI=1S/C24H23N3O4S/c28-13-12-25-23(29)16-31-19-10-8-17(9-11-19)20-15-21(18-5-2-1-3-6-18)27(26-20)24(30)22-7-4-14-32-22/h1-11,14,21,28H,12-13,15-16H2,(H,25,29)/t21-/m1/s1. The zero-order valence-corrected chi connectivity index (χ0v) is 18.1. The molecule has 8 heteroatoms. The first-order chi connectivity index (χ1) is 15.7. The Labute approximate surface area is 190 Å². The van der Waals surface area contributed by atoms with Crippen molar-refractivity contribution in [3.8, 4) is 5.75 Å². The van der Waals surface area contributed by atoms with Crippen LogP contribution in [-0.2, 0) is 4.79 Å². The van der Waals surface area contributed by atoms with Crippen molar-refractivity contribution in [2.45, 2.75) is 12.5 Å². The second-order valence-corrected chi connectivity index (χ2v) is 8.14. The highest BCUT2D eigenvalue weighted by molar-refractivity contribution is 7.12. The lowest BCUT2D eigenvalue weighted by Crippen LogP contribution is -2.31. The van der Waals surface area contributed by atoms with Crippen molar-refractivity contribution in [2.24, 2.45) is 5.10 Å². The summed E-state index contributed by atoms with van der Waals surface area (Å²) in [5, 5.41) is 19.4. The fraction of sp³-hybridized carbons (Fsp3) is 0.208. The van der Waals surface area contributed by atoms with Crippen LogP contribution in [0, 0.1) is 0 Å². The molecule has 2 aromatic carbocycles. The monoisotopic (exact) mass is 449 g/mol. The van der Waals surface area contributed by atoms with E-state index < -0.39 is 0 Å². The number of amides is 2. The van der Waals surface area contributed by atoms with Crippen LogP contribution < -0.4 is 10.1 Å². The molecule has 0 saturated heterocycles. The van der Waals surface area contributed by atoms with E-state index in [1.807, 2.05) is 60.0 Å². The van der Waals surface area contributed by atoms with E-state index in [0.717, 1.165) is 16.8 Å². The predicted octanol–water partition coefficient (Wildman–Crippen LogP) is 3.23. The van der Waals surface area contributed by atoms with Crippen LogP contribution in [0.3, 0.4) is 0 Å². The first kappa shape index (κ1) is 21.7. The van der Waals surface area contributed by atoms with Gasteiger partial charge in [-0.15, -0.1) is 11.3 Å². The van der Waals surface area contributed by atoms with Crippen molar-refractivity contribution in [3.63, 3.8) is 0 Å². The third-order valence-corrected chi connectivity index (χ3v) is 5.88. The van der Waals surface area contributed by atoms with Crippen LogP contribution in [0.4, 0.5) is 0 Å². The number of carbonyl (C=O) groups is 2. The van der Waals surface area contributed by atoms with E-state index in [0.29, 0.717) is 17.0 Å². The van der Waals surface area contributed by atoms with Crippen molar-refractivity contribution in [2.75, 3.05) is 19.8 Å². The maximum Gasteiger partial charge on any atom is 0.284 e. The Kier molecular flexibility index (Phi) is 6.94. The summed E-state index contributed by atoms with van der Waals surface area (Å²) >= 11 is 1.40. The highest BCUT2D eigenvalue weighted by Crippen LogP contribution is 2.34. The number of nitrogens with one attached hydrogen (secondary N) is 1. The summed E-state index contributed by atoms with van der Waals surface area (Å²) in [6.07, 6.45) is 0.602. The number of thiophene rings is 1. The van der Waals surface area contributed by atoms with Gasteiger partial charge in [0.15, 0.2) is 6.61 Å². The van der Waals surface area contributed by atoms with Gasteiger partial charge >= 0.3 is 0 Å². The van der Waals surface area contributed by atoms with Crippen LogP contribution in [0.2, 0.25) is 0 Å². The Bertz CT molecular complexity index is 1080. The van der Waals surface area contributed by atoms with Crippen LogP contribution in [0.1, 0.15) is 33.3 Å². The molecule has 4 rings (SSSR count). The molecule has 2 amide bonds. The molecule has 0 bridgehead atoms. The van der Waals surface area contributed by atoms with Gasteiger partial charge in [0.25, 0.3) is 11.8 Å². The minimum Gasteiger partial charge on any atom is -0.484 e. The van der Waals surface area contributed by atoms with E-state index in [-0.39, 0.29) is 37.6 Å². The second-order valence-electron chi connectivity index (χ2n) is 7.19. The van der Waals surface area contributed by atoms with Crippen LogP contribution in [0.5, 0.6) is 5.75 Å². The lowest BCUT2D eigenvalue weighted by molar-refractivity contribution is -0.123. The number of hydrogen-bond donors (Lipinski definition) is 2. The molecule has 0 spiro atoms. The molecule has 0 unspecified atom stereocenters. The quantitative estimate of drug-likeness (QED) is 0.552. The molecule has 32 heavy (non-hydrogen) atoms.